The van der Waals surface area contributed by atoms with Crippen LogP contribution in [-0.4, -0.2) is 115 Å². The van der Waals surface area contributed by atoms with Crippen LogP contribution in [0.1, 0.15) is 99.6 Å². The summed E-state index contributed by atoms with van der Waals surface area (Å²) in [6.45, 7) is 26.1. The first-order valence-corrected chi connectivity index (χ1v) is 27.2. The lowest BCUT2D eigenvalue weighted by molar-refractivity contribution is -0.372. The first-order valence-electron chi connectivity index (χ1n) is 17.6. The summed E-state index contributed by atoms with van der Waals surface area (Å²) in [5.74, 6) is 1.21. The lowest BCUT2D eigenvalue weighted by Gasteiger charge is -2.66. The Hall–Kier alpha value is -0.0312. The van der Waals surface area contributed by atoms with Crippen LogP contribution in [0.3, 0.4) is 0 Å². The molecule has 1 aromatic carbocycles. The first kappa shape index (κ1) is 47.0. The van der Waals surface area contributed by atoms with Gasteiger partial charge in [0.15, 0.2) is 23.0 Å². The van der Waals surface area contributed by atoms with Gasteiger partial charge in [0.2, 0.25) is 64.0 Å². The van der Waals surface area contributed by atoms with Crippen LogP contribution in [0.5, 0.6) is 23.0 Å². The van der Waals surface area contributed by atoms with Gasteiger partial charge in [0.05, 0.1) is 5.56 Å². The number of rotatable bonds is 22. The Balaban J connectivity index is 4.43. The zero-order valence-corrected chi connectivity index (χ0v) is 54.3. The molecule has 0 radical (unpaired) electrons. The van der Waals surface area contributed by atoms with E-state index in [-0.39, 0.29) is 16.2 Å². The zero-order valence-electron chi connectivity index (χ0n) is 34.9. The topological polar surface area (TPSA) is 83.1 Å². The van der Waals surface area contributed by atoms with E-state index >= 15 is 0 Å². The maximum absolute atomic E-state index is 6.91. The van der Waals surface area contributed by atoms with Crippen molar-refractivity contribution in [3.8, 4) is 23.0 Å². The van der Waals surface area contributed by atoms with Crippen LogP contribution in [0.25, 0.3) is 5.76 Å². The maximum Gasteiger partial charge on any atom is 0.207 e. The van der Waals surface area contributed by atoms with Crippen molar-refractivity contribution in [2.45, 2.75) is 113 Å². The van der Waals surface area contributed by atoms with Gasteiger partial charge in [-0.3, -0.25) is 0 Å². The normalized spacial score (nSPS) is 17.2. The van der Waals surface area contributed by atoms with Crippen molar-refractivity contribution < 1.29 is 39.8 Å². The molecular weight excluding hydrogens is 785 g/mol. The van der Waals surface area contributed by atoms with Crippen LogP contribution in [0.15, 0.2) is 5.70 Å². The molecule has 1 atom stereocenters. The molecule has 49 heavy (non-hydrogen) atoms. The van der Waals surface area contributed by atoms with Gasteiger partial charge in [-0.25, -0.2) is 0 Å². The molecule has 0 N–H and O–H groups in total. The summed E-state index contributed by atoms with van der Waals surface area (Å²) >= 11 is 0. The zero-order chi connectivity index (χ0) is 38.2. The molecule has 286 valence electrons. The molecule has 0 amide bonds. The van der Waals surface area contributed by atoms with Gasteiger partial charge in [-0.1, -0.05) is 101 Å². The highest BCUT2D eigenvalue weighted by Gasteiger charge is 2.70. The van der Waals surface area contributed by atoms with Gasteiger partial charge >= 0.3 is 0 Å². The quantitative estimate of drug-likeness (QED) is 0.0664. The Morgan fingerprint density at radius 3 is 1.51 bits per heavy atom. The molecule has 0 spiro atoms. The molecule has 1 unspecified atom stereocenters. The minimum Gasteiger partial charge on any atom is -0.553 e. The number of benzene rings is 1. The van der Waals surface area contributed by atoms with E-state index in [4.69, 9.17) is 39.8 Å². The van der Waals surface area contributed by atoms with Gasteiger partial charge in [0.25, 0.3) is 0 Å². The average Bonchev–Trinajstić information content (AvgIpc) is 3.08. The van der Waals surface area contributed by atoms with Gasteiger partial charge in [0.1, 0.15) is 47.7 Å². The third-order valence-corrected chi connectivity index (χ3v) is 18.3. The summed E-state index contributed by atoms with van der Waals surface area (Å²) in [6.07, 6.45) is 3.91. The standard InChI is InChI=1S/C30H72O9Si10/c1-12-13-14-17(2)25(3,4)26(5,6)27(7,8)28(9,10)30(38-47,39-48)29(36-45,37-46)15-18-20(19(31-40)16-49-11)22(33-42)24(35-44)23(34-43)21(18)32-41/h16-17H,12-15,49H2,1-11,40-48H3/b19-16+. The van der Waals surface area contributed by atoms with Gasteiger partial charge in [-0.2, -0.15) is 0 Å². The number of hydrogen-bond acceptors (Lipinski definition) is 9. The van der Waals surface area contributed by atoms with Crippen molar-refractivity contribution in [3.63, 3.8) is 0 Å². The predicted molar refractivity (Wildman–Crippen MR) is 239 cm³/mol. The second kappa shape index (κ2) is 18.8. The molecule has 0 saturated heterocycles. The van der Waals surface area contributed by atoms with Gasteiger partial charge in [0, 0.05) is 26.9 Å². The number of unbranched alkanes of at least 4 members (excludes halogenated alkanes) is 1. The van der Waals surface area contributed by atoms with E-state index < -0.39 is 26.5 Å². The van der Waals surface area contributed by atoms with Crippen molar-refractivity contribution in [1.29, 1.82) is 0 Å². The van der Waals surface area contributed by atoms with E-state index in [1.807, 2.05) is 0 Å². The van der Waals surface area contributed by atoms with Crippen LogP contribution in [0, 0.1) is 27.6 Å². The van der Waals surface area contributed by atoms with E-state index in [9.17, 15) is 0 Å². The fourth-order valence-electron chi connectivity index (χ4n) is 8.10. The van der Waals surface area contributed by atoms with Gasteiger partial charge in [-0.15, -0.1) is 0 Å². The predicted octanol–water partition coefficient (Wildman–Crippen LogP) is -3.81. The summed E-state index contributed by atoms with van der Waals surface area (Å²) in [6, 6.07) is 0. The SMILES string of the molecule is CCCCC(C)C(C)(C)C(C)(C)C(C)(C)C(C)(C)C(O[SiH3])(O[SiH3])C(Cc1c(O[SiH3])c(O[SiH3])c(O[SiH3])c(O[SiH3])c1/C(=C\[SiH2]C)O[SiH3])(O[SiH3])O[SiH3]. The summed E-state index contributed by atoms with van der Waals surface area (Å²) < 4.78 is 58.6. The average molecular weight is 858 g/mol. The van der Waals surface area contributed by atoms with Crippen LogP contribution in [0.2, 0.25) is 6.55 Å². The lowest BCUT2D eigenvalue weighted by Crippen LogP contribution is -2.73. The molecule has 0 aliphatic heterocycles. The van der Waals surface area contributed by atoms with Gasteiger partial charge < -0.3 is 39.8 Å². The molecule has 0 aliphatic carbocycles. The minimum absolute atomic E-state index is 0.00175. The Bertz CT molecular complexity index is 1250. The summed E-state index contributed by atoms with van der Waals surface area (Å²) in [5.41, 5.74) is 2.81. The Morgan fingerprint density at radius 1 is 0.673 bits per heavy atom. The molecule has 19 heteroatoms. The molecule has 0 bridgehead atoms. The van der Waals surface area contributed by atoms with E-state index in [1.165, 1.54) is 19.3 Å². The summed E-state index contributed by atoms with van der Waals surface area (Å²) in [5, 5.41) is 0. The molecule has 1 aromatic rings. The van der Waals surface area contributed by atoms with Crippen LogP contribution < -0.4 is 17.7 Å². The van der Waals surface area contributed by atoms with Crippen LogP contribution >= 0.6 is 0 Å². The molecule has 9 nitrogen and oxygen atoms in total. The van der Waals surface area contributed by atoms with E-state index in [0.29, 0.717) is 130 Å². The van der Waals surface area contributed by atoms with E-state index in [1.54, 1.807) is 0 Å². The van der Waals surface area contributed by atoms with E-state index in [0.717, 1.165) is 16.9 Å². The Morgan fingerprint density at radius 2 is 1.14 bits per heavy atom. The second-order valence-electron chi connectivity index (χ2n) is 15.2. The van der Waals surface area contributed by atoms with Crippen LogP contribution in [-0.2, 0) is 28.6 Å². The Kier molecular flexibility index (Phi) is 18.1. The van der Waals surface area contributed by atoms with Crippen molar-refractivity contribution in [3.05, 3.63) is 16.8 Å². The molecular formula is C30H72O9Si10. The third kappa shape index (κ3) is 7.94. The summed E-state index contributed by atoms with van der Waals surface area (Å²) in [7, 11) is 3.35. The molecule has 0 fully saturated rings. The number of hydrogen-bond donors (Lipinski definition) is 0. The highest BCUT2D eigenvalue weighted by Crippen LogP contribution is 2.67. The fourth-order valence-corrected chi connectivity index (χ4v) is 14.9. The highest BCUT2D eigenvalue weighted by atomic mass is 28.2. The van der Waals surface area contributed by atoms with Crippen LogP contribution in [0.4, 0.5) is 0 Å². The van der Waals surface area contributed by atoms with Crippen molar-refractivity contribution >= 4 is 110 Å². The smallest absolute Gasteiger partial charge is 0.207 e. The first-order chi connectivity index (χ1) is 22.8. The van der Waals surface area contributed by atoms with Crippen molar-refractivity contribution in [2.24, 2.45) is 27.6 Å². The summed E-state index contributed by atoms with van der Waals surface area (Å²) in [4.78, 5) is 0. The van der Waals surface area contributed by atoms with Crippen molar-refractivity contribution in [2.75, 3.05) is 0 Å². The van der Waals surface area contributed by atoms with Crippen molar-refractivity contribution in [1.82, 2.24) is 0 Å². The molecule has 1 rings (SSSR count). The lowest BCUT2D eigenvalue weighted by atomic mass is 9.43. The monoisotopic (exact) mass is 856 g/mol. The highest BCUT2D eigenvalue weighted by molar-refractivity contribution is 6.42. The maximum atomic E-state index is 6.91. The second-order valence-corrected chi connectivity index (χ2v) is 20.1. The Labute approximate surface area is 328 Å². The fraction of sp³-hybridized carbons (Fsp3) is 0.733. The minimum atomic E-state index is -1.29. The molecule has 0 aromatic heterocycles. The molecule has 0 saturated carbocycles. The molecule has 0 aliphatic rings. The largest absolute Gasteiger partial charge is 0.553 e. The molecule has 0 heterocycles. The van der Waals surface area contributed by atoms with Gasteiger partial charge in [-0.05, 0) is 22.2 Å². The van der Waals surface area contributed by atoms with E-state index in [2.05, 4.69) is 81.5 Å². The third-order valence-electron chi connectivity index (χ3n) is 13.0.